The van der Waals surface area contributed by atoms with E-state index < -0.39 is 0 Å². The lowest BCUT2D eigenvalue weighted by molar-refractivity contribution is 0.669. The zero-order valence-electron chi connectivity index (χ0n) is 31.3. The monoisotopic (exact) mass is 758 g/mol. The molecule has 0 aliphatic carbocycles. The van der Waals surface area contributed by atoms with Gasteiger partial charge in [-0.15, -0.1) is 11.3 Å². The van der Waals surface area contributed by atoms with Crippen molar-refractivity contribution in [2.45, 2.75) is 0 Å². The van der Waals surface area contributed by atoms with Crippen LogP contribution in [0.3, 0.4) is 0 Å². The van der Waals surface area contributed by atoms with Gasteiger partial charge in [0, 0.05) is 70.5 Å². The van der Waals surface area contributed by atoms with Gasteiger partial charge in [-0.2, -0.15) is 0 Å². The normalized spacial score (nSPS) is 11.8. The number of para-hydroxylation sites is 2. The molecule has 4 heteroatoms. The van der Waals surface area contributed by atoms with Crippen molar-refractivity contribution in [3.63, 3.8) is 0 Å². The van der Waals surface area contributed by atoms with Gasteiger partial charge in [-0.05, 0) is 95.1 Å². The summed E-state index contributed by atoms with van der Waals surface area (Å²) in [6.07, 6.45) is 0. The van der Waals surface area contributed by atoms with E-state index in [9.17, 15) is 0 Å². The summed E-state index contributed by atoms with van der Waals surface area (Å²) >= 11 is 1.87. The maximum absolute atomic E-state index is 6.38. The molecule has 0 saturated carbocycles. The number of anilines is 3. The molecule has 272 valence electrons. The van der Waals surface area contributed by atoms with Crippen LogP contribution in [0.15, 0.2) is 211 Å². The Labute approximate surface area is 338 Å². The lowest BCUT2D eigenvalue weighted by Gasteiger charge is -2.26. The molecule has 0 unspecified atom stereocenters. The molecule has 0 spiro atoms. The minimum atomic E-state index is 0.895. The first-order valence-corrected chi connectivity index (χ1v) is 20.5. The number of fused-ring (bicyclic) bond motifs is 9. The van der Waals surface area contributed by atoms with E-state index >= 15 is 0 Å². The molecule has 3 heterocycles. The summed E-state index contributed by atoms with van der Waals surface area (Å²) in [7, 11) is 0. The quantitative estimate of drug-likeness (QED) is 0.168. The number of hydrogen-bond donors (Lipinski definition) is 0. The summed E-state index contributed by atoms with van der Waals surface area (Å²) in [5.41, 5.74) is 13.3. The van der Waals surface area contributed by atoms with E-state index in [1.54, 1.807) is 0 Å². The Balaban J connectivity index is 0.976. The van der Waals surface area contributed by atoms with Crippen LogP contribution >= 0.6 is 11.3 Å². The Hall–Kier alpha value is -7.40. The fraction of sp³-hybridized carbons (Fsp3) is 0. The summed E-state index contributed by atoms with van der Waals surface area (Å²) in [4.78, 5) is 2.35. The Kier molecular flexibility index (Phi) is 7.40. The first-order valence-electron chi connectivity index (χ1n) is 19.7. The molecular formula is C54H34N2OS. The predicted molar refractivity (Wildman–Crippen MR) is 247 cm³/mol. The SMILES string of the molecule is c1ccc(-c2ccc(N(c3ccc(-c4cccc5c4sc4ccccc45)cc3)c3ccc(-n4c5ccccc5c5cc6c(cc54)oc4ccccc46)cc3)cc2)cc1. The lowest BCUT2D eigenvalue weighted by atomic mass is 10.0. The average Bonchev–Trinajstić information content (AvgIpc) is 3.96. The van der Waals surface area contributed by atoms with Gasteiger partial charge in [-0.1, -0.05) is 127 Å². The smallest absolute Gasteiger partial charge is 0.137 e. The largest absolute Gasteiger partial charge is 0.456 e. The number of rotatable bonds is 6. The minimum absolute atomic E-state index is 0.895. The number of nitrogens with zero attached hydrogens (tertiary/aromatic N) is 2. The van der Waals surface area contributed by atoms with E-state index in [2.05, 4.69) is 204 Å². The van der Waals surface area contributed by atoms with Gasteiger partial charge in [0.05, 0.1) is 11.0 Å². The highest BCUT2D eigenvalue weighted by Crippen LogP contribution is 2.43. The van der Waals surface area contributed by atoms with Crippen LogP contribution in [0.25, 0.3) is 91.9 Å². The molecule has 9 aromatic carbocycles. The topological polar surface area (TPSA) is 21.3 Å². The molecule has 3 nitrogen and oxygen atoms in total. The molecule has 0 aliphatic heterocycles. The van der Waals surface area contributed by atoms with Gasteiger partial charge in [0.1, 0.15) is 11.2 Å². The number of benzene rings is 9. The lowest BCUT2D eigenvalue weighted by Crippen LogP contribution is -2.10. The van der Waals surface area contributed by atoms with Crippen LogP contribution in [-0.4, -0.2) is 4.57 Å². The molecule has 58 heavy (non-hydrogen) atoms. The van der Waals surface area contributed by atoms with Crippen molar-refractivity contribution in [1.29, 1.82) is 0 Å². The summed E-state index contributed by atoms with van der Waals surface area (Å²) in [6, 6.07) is 74.4. The Morgan fingerprint density at radius 2 is 0.983 bits per heavy atom. The summed E-state index contributed by atoms with van der Waals surface area (Å²) in [6.45, 7) is 0. The molecule has 0 bridgehead atoms. The number of thiophene rings is 1. The van der Waals surface area contributed by atoms with Gasteiger partial charge < -0.3 is 13.9 Å². The van der Waals surface area contributed by atoms with E-state index in [0.29, 0.717) is 0 Å². The highest BCUT2D eigenvalue weighted by molar-refractivity contribution is 7.26. The molecule has 0 saturated heterocycles. The van der Waals surface area contributed by atoms with Crippen LogP contribution in [0.5, 0.6) is 0 Å². The minimum Gasteiger partial charge on any atom is -0.456 e. The summed E-state index contributed by atoms with van der Waals surface area (Å²) in [5.74, 6) is 0. The van der Waals surface area contributed by atoms with Crippen molar-refractivity contribution in [2.24, 2.45) is 0 Å². The van der Waals surface area contributed by atoms with E-state index in [1.165, 1.54) is 58.7 Å². The number of hydrogen-bond acceptors (Lipinski definition) is 3. The molecule has 0 fully saturated rings. The van der Waals surface area contributed by atoms with Crippen LogP contribution in [-0.2, 0) is 0 Å². The number of furan rings is 1. The van der Waals surface area contributed by atoms with Crippen molar-refractivity contribution >= 4 is 92.3 Å². The first-order chi connectivity index (χ1) is 28.7. The van der Waals surface area contributed by atoms with Gasteiger partial charge in [0.15, 0.2) is 0 Å². The highest BCUT2D eigenvalue weighted by atomic mass is 32.1. The molecule has 12 rings (SSSR count). The molecule has 0 amide bonds. The molecular weight excluding hydrogens is 725 g/mol. The molecule has 0 N–H and O–H groups in total. The van der Waals surface area contributed by atoms with Crippen LogP contribution in [0.1, 0.15) is 0 Å². The van der Waals surface area contributed by atoms with E-state index in [4.69, 9.17) is 4.42 Å². The molecule has 12 aromatic rings. The van der Waals surface area contributed by atoms with Gasteiger partial charge >= 0.3 is 0 Å². The predicted octanol–water partition coefficient (Wildman–Crippen LogP) is 15.9. The Morgan fingerprint density at radius 1 is 0.379 bits per heavy atom. The first kappa shape index (κ1) is 32.8. The standard InChI is InChI=1S/C54H34N2OS/c1-2-11-35(12-3-1)36-21-25-38(26-22-36)55(39-27-23-37(24-28-39)42-16-10-17-46-45-15-6-9-20-53(45)58-54(42)46)40-29-31-41(32-30-40)56-49-18-7-4-13-43(49)47-33-48-44-14-5-8-19-51(44)57-52(48)34-50(47)56/h1-34H. The van der Waals surface area contributed by atoms with Crippen molar-refractivity contribution in [2.75, 3.05) is 4.90 Å². The third-order valence-corrected chi connectivity index (χ3v) is 12.8. The molecule has 0 atom stereocenters. The van der Waals surface area contributed by atoms with Gasteiger partial charge in [0.25, 0.3) is 0 Å². The second kappa shape index (κ2) is 13.1. The van der Waals surface area contributed by atoms with Gasteiger partial charge in [-0.25, -0.2) is 0 Å². The zero-order chi connectivity index (χ0) is 38.2. The maximum Gasteiger partial charge on any atom is 0.137 e. The maximum atomic E-state index is 6.38. The Bertz CT molecular complexity index is 3480. The van der Waals surface area contributed by atoms with E-state index in [1.807, 2.05) is 23.5 Å². The molecule has 3 aromatic heterocycles. The van der Waals surface area contributed by atoms with Crippen LogP contribution in [0.2, 0.25) is 0 Å². The van der Waals surface area contributed by atoms with E-state index in [0.717, 1.165) is 50.2 Å². The third kappa shape index (κ3) is 5.19. The van der Waals surface area contributed by atoms with Crippen molar-refractivity contribution < 1.29 is 4.42 Å². The van der Waals surface area contributed by atoms with Gasteiger partial charge in [-0.3, -0.25) is 0 Å². The van der Waals surface area contributed by atoms with Crippen molar-refractivity contribution in [1.82, 2.24) is 4.57 Å². The van der Waals surface area contributed by atoms with Crippen LogP contribution in [0.4, 0.5) is 17.1 Å². The zero-order valence-corrected chi connectivity index (χ0v) is 32.2. The summed E-state index contributed by atoms with van der Waals surface area (Å²) < 4.78 is 11.4. The average molecular weight is 759 g/mol. The van der Waals surface area contributed by atoms with E-state index in [-0.39, 0.29) is 0 Å². The third-order valence-electron chi connectivity index (χ3n) is 11.6. The molecule has 0 aliphatic rings. The second-order valence-electron chi connectivity index (χ2n) is 14.9. The fourth-order valence-electron chi connectivity index (χ4n) is 8.86. The van der Waals surface area contributed by atoms with Crippen LogP contribution in [0, 0.1) is 0 Å². The van der Waals surface area contributed by atoms with Gasteiger partial charge in [0.2, 0.25) is 0 Å². The second-order valence-corrected chi connectivity index (χ2v) is 16.0. The number of aromatic nitrogens is 1. The Morgan fingerprint density at radius 3 is 1.76 bits per heavy atom. The summed E-state index contributed by atoms with van der Waals surface area (Å²) in [5, 5.41) is 7.35. The highest BCUT2D eigenvalue weighted by Gasteiger charge is 2.19. The molecule has 0 radical (unpaired) electrons. The van der Waals surface area contributed by atoms with Crippen LogP contribution < -0.4 is 4.90 Å². The van der Waals surface area contributed by atoms with Crippen molar-refractivity contribution in [3.8, 4) is 27.9 Å². The van der Waals surface area contributed by atoms with Crippen molar-refractivity contribution in [3.05, 3.63) is 206 Å². The fourth-order valence-corrected chi connectivity index (χ4v) is 10.1.